The lowest BCUT2D eigenvalue weighted by Gasteiger charge is -2.28. The fraction of sp³-hybridized carbons (Fsp3) is 0.460. The zero-order valence-corrected chi connectivity index (χ0v) is 41.5. The number of carboxylic acid groups (broad SMARTS) is 1. The summed E-state index contributed by atoms with van der Waals surface area (Å²) in [6, 6.07) is 6.43. The van der Waals surface area contributed by atoms with Crippen LogP contribution in [0.15, 0.2) is 78.3 Å². The number of nitrogens with zero attached hydrogens (tertiary/aromatic N) is 2. The summed E-state index contributed by atoms with van der Waals surface area (Å²) in [5.74, 6) is -7.55. The van der Waals surface area contributed by atoms with Crippen molar-refractivity contribution in [2.45, 2.75) is 133 Å². The van der Waals surface area contributed by atoms with Crippen LogP contribution in [0.5, 0.6) is 0 Å². The molecule has 398 valence electrons. The number of hydrogen-bond acceptors (Lipinski definition) is 11. The van der Waals surface area contributed by atoms with Gasteiger partial charge in [0.1, 0.15) is 42.3 Å². The molecule has 24 nitrogen and oxygen atoms in total. The number of aliphatic imine (C=N–C) groups is 1. The number of aromatic amines is 2. The minimum absolute atomic E-state index is 0.0340. The number of guanidine groups is 1. The molecule has 0 bridgehead atoms. The molecule has 24 heteroatoms. The number of para-hydroxylation sites is 1. The van der Waals surface area contributed by atoms with Crippen molar-refractivity contribution in [3.8, 4) is 0 Å². The molecule has 3 heterocycles. The molecule has 74 heavy (non-hydrogen) atoms. The maximum absolute atomic E-state index is 14.7. The van der Waals surface area contributed by atoms with Crippen molar-refractivity contribution in [1.29, 1.82) is 0 Å². The molecule has 4 aromatic rings. The number of nitrogens with two attached hydrogens (primary N) is 2. The van der Waals surface area contributed by atoms with Crippen LogP contribution in [-0.4, -0.2) is 135 Å². The van der Waals surface area contributed by atoms with Crippen molar-refractivity contribution >= 4 is 70.1 Å². The fourth-order valence-electron chi connectivity index (χ4n) is 8.37. The van der Waals surface area contributed by atoms with Crippen molar-refractivity contribution in [2.75, 3.05) is 13.1 Å². The van der Waals surface area contributed by atoms with E-state index in [9.17, 15) is 48.3 Å². The molecule has 2 aromatic carbocycles. The maximum Gasteiger partial charge on any atom is 0.326 e. The summed E-state index contributed by atoms with van der Waals surface area (Å²) in [6.07, 6.45) is 5.03. The van der Waals surface area contributed by atoms with Gasteiger partial charge in [-0.3, -0.25) is 43.3 Å². The summed E-state index contributed by atoms with van der Waals surface area (Å²) in [5.41, 5.74) is 13.5. The lowest BCUT2D eigenvalue weighted by Crippen LogP contribution is -2.60. The van der Waals surface area contributed by atoms with Crippen LogP contribution >= 0.6 is 0 Å². The highest BCUT2D eigenvalue weighted by molar-refractivity contribution is 5.98. The SMILES string of the molecule is CCCC[C@H](NC(C)=O)C(=O)N[C@H]1CCCNC(=O)CC[C@@H](C(=O)O)NC(=O)[C@H](Cc2c[nH]c3ccccc23)NC(=O)[C@H](CCCN=C(N)N)NC(=O)[C@@H](Cc2ccccc2)NC(=O)[C@H](Cc2cnc[nH]2)NC1=O. The Morgan fingerprint density at radius 2 is 1.43 bits per heavy atom. The van der Waals surface area contributed by atoms with Crippen LogP contribution < -0.4 is 54.0 Å². The number of aliphatic carboxylic acids is 1. The molecule has 1 saturated heterocycles. The second kappa shape index (κ2) is 28.7. The number of carbonyl (C=O) groups excluding carboxylic acids is 8. The number of hydrogen-bond donors (Lipinski definition) is 13. The topological polar surface area (TPSA) is 379 Å². The molecule has 5 rings (SSSR count). The number of imidazole rings is 1. The van der Waals surface area contributed by atoms with E-state index in [1.54, 1.807) is 42.6 Å². The van der Waals surface area contributed by atoms with Gasteiger partial charge < -0.3 is 69.1 Å². The number of amides is 8. The minimum Gasteiger partial charge on any atom is -0.480 e. The number of fused-ring (bicyclic) bond motifs is 1. The van der Waals surface area contributed by atoms with Gasteiger partial charge in [0.15, 0.2) is 5.96 Å². The van der Waals surface area contributed by atoms with Gasteiger partial charge in [0.05, 0.1) is 6.33 Å². The molecule has 1 fully saturated rings. The maximum atomic E-state index is 14.7. The van der Waals surface area contributed by atoms with Crippen LogP contribution in [0.4, 0.5) is 0 Å². The molecule has 0 aliphatic carbocycles. The lowest BCUT2D eigenvalue weighted by molar-refractivity contribution is -0.142. The molecule has 0 spiro atoms. The van der Waals surface area contributed by atoms with Crippen molar-refractivity contribution in [3.63, 3.8) is 0 Å². The normalized spacial score (nSPS) is 21.3. The average Bonchev–Trinajstić information content (AvgIpc) is 4.04. The lowest BCUT2D eigenvalue weighted by atomic mass is 10.0. The van der Waals surface area contributed by atoms with Gasteiger partial charge in [-0.05, 0) is 55.7 Å². The smallest absolute Gasteiger partial charge is 0.326 e. The molecule has 0 radical (unpaired) electrons. The molecule has 2 aromatic heterocycles. The number of aromatic nitrogens is 3. The second-order valence-corrected chi connectivity index (χ2v) is 18.1. The van der Waals surface area contributed by atoms with E-state index in [2.05, 4.69) is 62.5 Å². The number of carbonyl (C=O) groups is 9. The number of H-pyrrole nitrogens is 2. The van der Waals surface area contributed by atoms with E-state index in [1.165, 1.54) is 19.4 Å². The highest BCUT2D eigenvalue weighted by atomic mass is 16.4. The number of unbranched alkanes of at least 4 members (excludes halogenated alkanes) is 1. The van der Waals surface area contributed by atoms with E-state index in [-0.39, 0.29) is 83.3 Å². The van der Waals surface area contributed by atoms with Crippen LogP contribution in [0, 0.1) is 0 Å². The molecule has 0 unspecified atom stereocenters. The van der Waals surface area contributed by atoms with Crippen LogP contribution in [0.25, 0.3) is 10.9 Å². The summed E-state index contributed by atoms with van der Waals surface area (Å²) in [7, 11) is 0. The highest BCUT2D eigenvalue weighted by Gasteiger charge is 2.35. The van der Waals surface area contributed by atoms with Crippen molar-refractivity contribution < 1.29 is 48.3 Å². The zero-order chi connectivity index (χ0) is 53.6. The first kappa shape index (κ1) is 56.6. The number of benzene rings is 2. The Balaban J connectivity index is 1.55. The summed E-state index contributed by atoms with van der Waals surface area (Å²) in [6.45, 7) is 3.18. The monoisotopic (exact) mass is 1020 g/mol. The van der Waals surface area contributed by atoms with Gasteiger partial charge in [-0.25, -0.2) is 9.78 Å². The molecular weight excluding hydrogens is 957 g/mol. The molecule has 15 N–H and O–H groups in total. The van der Waals surface area contributed by atoms with Gasteiger partial charge in [0.2, 0.25) is 47.3 Å². The van der Waals surface area contributed by atoms with E-state index in [1.807, 2.05) is 25.1 Å². The third-order valence-electron chi connectivity index (χ3n) is 12.3. The first-order chi connectivity index (χ1) is 35.5. The summed E-state index contributed by atoms with van der Waals surface area (Å²) < 4.78 is 0. The second-order valence-electron chi connectivity index (χ2n) is 18.1. The molecule has 1 aliphatic heterocycles. The van der Waals surface area contributed by atoms with Crippen LogP contribution in [-0.2, 0) is 62.4 Å². The summed E-state index contributed by atoms with van der Waals surface area (Å²) in [4.78, 5) is 138. The Kier molecular flexibility index (Phi) is 21.9. The van der Waals surface area contributed by atoms with Gasteiger partial charge in [-0.15, -0.1) is 0 Å². The molecule has 1 aliphatic rings. The highest BCUT2D eigenvalue weighted by Crippen LogP contribution is 2.20. The van der Waals surface area contributed by atoms with Crippen molar-refractivity contribution in [3.05, 3.63) is 90.1 Å². The summed E-state index contributed by atoms with van der Waals surface area (Å²) >= 11 is 0. The quantitative estimate of drug-likeness (QED) is 0.0356. The first-order valence-corrected chi connectivity index (χ1v) is 24.7. The standard InChI is InChI=1S/C50H68N14O10/c1-3-4-15-35(58-29(2)65)43(67)59-36-17-10-21-54-42(66)20-19-38(49(73)74)61-47(71)40(24-31-26-56-34-16-9-8-14-33(31)34)63-44(68)37(18-11-22-55-50(51)52)60-46(70)39(23-30-12-6-5-7-13-30)62-48(72)41(64-45(36)69)25-32-27-53-28-57-32/h5-9,12-14,16,26-28,35-41,56H,3-4,10-11,15,17-25H2,1-2H3,(H,53,57)(H,54,66)(H,58,65)(H,59,67)(H,60,70)(H,61,71)(H,62,72)(H,63,68)(H,64,69)(H,73,74)(H4,51,52,55)/t35-,36-,37-,38-,39+,40-,41-/m0/s1. The predicted octanol–water partition coefficient (Wildman–Crippen LogP) is -0.649. The Morgan fingerprint density at radius 3 is 2.11 bits per heavy atom. The minimum atomic E-state index is -1.59. The number of carboxylic acids is 1. The largest absolute Gasteiger partial charge is 0.480 e. The van der Waals surface area contributed by atoms with Crippen LogP contribution in [0.2, 0.25) is 0 Å². The third kappa shape index (κ3) is 18.1. The number of rotatable bonds is 17. The van der Waals surface area contributed by atoms with Crippen molar-refractivity contribution in [2.24, 2.45) is 16.5 Å². The van der Waals surface area contributed by atoms with Crippen LogP contribution in [0.1, 0.15) is 88.5 Å². The van der Waals surface area contributed by atoms with Gasteiger partial charge in [0, 0.05) is 74.7 Å². The van der Waals surface area contributed by atoms with E-state index in [0.29, 0.717) is 29.7 Å². The Labute approximate surface area is 427 Å². The third-order valence-corrected chi connectivity index (χ3v) is 12.3. The Hall–Kier alpha value is -8.31. The zero-order valence-electron chi connectivity index (χ0n) is 41.5. The van der Waals surface area contributed by atoms with E-state index >= 15 is 0 Å². The van der Waals surface area contributed by atoms with E-state index < -0.39 is 95.5 Å². The first-order valence-electron chi connectivity index (χ1n) is 24.7. The van der Waals surface area contributed by atoms with Gasteiger partial charge in [-0.1, -0.05) is 68.3 Å². The van der Waals surface area contributed by atoms with Gasteiger partial charge in [-0.2, -0.15) is 0 Å². The van der Waals surface area contributed by atoms with E-state index in [4.69, 9.17) is 11.5 Å². The van der Waals surface area contributed by atoms with Crippen LogP contribution in [0.3, 0.4) is 0 Å². The fourth-order valence-corrected chi connectivity index (χ4v) is 8.37. The molecule has 7 atom stereocenters. The van der Waals surface area contributed by atoms with Gasteiger partial charge >= 0.3 is 5.97 Å². The van der Waals surface area contributed by atoms with Crippen molar-refractivity contribution in [1.82, 2.24) is 57.5 Å². The van der Waals surface area contributed by atoms with Gasteiger partial charge in [0.25, 0.3) is 0 Å². The number of nitrogens with one attached hydrogen (secondary N) is 10. The summed E-state index contributed by atoms with van der Waals surface area (Å²) in [5, 5.41) is 32.5. The predicted molar refractivity (Wildman–Crippen MR) is 272 cm³/mol. The van der Waals surface area contributed by atoms with E-state index in [0.717, 1.165) is 10.9 Å². The molecule has 0 saturated carbocycles. The average molecular weight is 1030 g/mol. The Morgan fingerprint density at radius 1 is 0.784 bits per heavy atom. The molecule has 8 amide bonds. The molecular formula is C50H68N14O10. The Bertz CT molecular complexity index is 2580.